The van der Waals surface area contributed by atoms with Crippen molar-refractivity contribution in [2.24, 2.45) is 11.3 Å². The minimum absolute atomic E-state index is 0.161. The highest BCUT2D eigenvalue weighted by atomic mass is 16.5. The fraction of sp³-hybridized carbons (Fsp3) is 0.524. The van der Waals surface area contributed by atoms with Crippen LogP contribution < -0.4 is 0 Å². The molecular weight excluding hydrogens is 268 g/mol. The molecule has 0 radical (unpaired) electrons. The Morgan fingerprint density at radius 1 is 1.27 bits per heavy atom. The minimum atomic E-state index is 0.161. The first kappa shape index (κ1) is 17.0. The Bertz CT molecular complexity index is 520. The van der Waals surface area contributed by atoms with Crippen LogP contribution in [-0.4, -0.2) is 6.61 Å². The second-order valence-corrected chi connectivity index (χ2v) is 7.60. The Hall–Kier alpha value is -1.34. The summed E-state index contributed by atoms with van der Waals surface area (Å²) in [4.78, 5) is 0. The molecule has 1 saturated heterocycles. The smallest absolute Gasteiger partial charge is 0.0890 e. The molecule has 2 rings (SSSR count). The zero-order valence-electron chi connectivity index (χ0n) is 14.6. The lowest BCUT2D eigenvalue weighted by Gasteiger charge is -2.42. The molecule has 0 saturated carbocycles. The summed E-state index contributed by atoms with van der Waals surface area (Å²) in [6.45, 7) is 14.1. The third kappa shape index (κ3) is 4.58. The first-order valence-corrected chi connectivity index (χ1v) is 8.37. The summed E-state index contributed by atoms with van der Waals surface area (Å²) < 4.78 is 6.26. The molecule has 22 heavy (non-hydrogen) atoms. The highest BCUT2D eigenvalue weighted by Crippen LogP contribution is 2.45. The van der Waals surface area contributed by atoms with Gasteiger partial charge in [0.05, 0.1) is 12.7 Å². The third-order valence-corrected chi connectivity index (χ3v) is 4.46. The third-order valence-electron chi connectivity index (χ3n) is 4.46. The van der Waals surface area contributed by atoms with E-state index in [0.29, 0.717) is 5.92 Å². The second-order valence-electron chi connectivity index (χ2n) is 7.60. The summed E-state index contributed by atoms with van der Waals surface area (Å²) in [6.07, 6.45) is 5.75. The Morgan fingerprint density at radius 2 is 1.95 bits per heavy atom. The van der Waals surface area contributed by atoms with Crippen molar-refractivity contribution in [1.82, 2.24) is 0 Å². The molecule has 1 aliphatic heterocycles. The first-order valence-electron chi connectivity index (χ1n) is 8.37. The van der Waals surface area contributed by atoms with Gasteiger partial charge in [0.2, 0.25) is 0 Å². The van der Waals surface area contributed by atoms with Crippen LogP contribution in [0.15, 0.2) is 54.1 Å². The fourth-order valence-electron chi connectivity index (χ4n) is 3.25. The van der Waals surface area contributed by atoms with Crippen LogP contribution >= 0.6 is 0 Å². The SMILES string of the molecule is C=C(CCC=C(C)C)[C@@H]1CC(C)(C)CO[C@H]1c1ccccc1. The Kier molecular flexibility index (Phi) is 5.63. The quantitative estimate of drug-likeness (QED) is 0.597. The molecule has 2 atom stereocenters. The molecule has 1 aromatic rings. The summed E-state index contributed by atoms with van der Waals surface area (Å²) in [5.74, 6) is 0.414. The van der Waals surface area contributed by atoms with Crippen molar-refractivity contribution in [3.05, 3.63) is 59.7 Å². The van der Waals surface area contributed by atoms with Crippen molar-refractivity contribution in [3.8, 4) is 0 Å². The lowest BCUT2D eigenvalue weighted by atomic mass is 9.73. The predicted octanol–water partition coefficient (Wildman–Crippen LogP) is 6.09. The molecule has 1 fully saturated rings. The van der Waals surface area contributed by atoms with Gasteiger partial charge >= 0.3 is 0 Å². The van der Waals surface area contributed by atoms with Crippen molar-refractivity contribution in [2.75, 3.05) is 6.61 Å². The maximum atomic E-state index is 6.26. The molecule has 1 nitrogen and oxygen atoms in total. The van der Waals surface area contributed by atoms with Crippen molar-refractivity contribution >= 4 is 0 Å². The van der Waals surface area contributed by atoms with Gasteiger partial charge in [0.15, 0.2) is 0 Å². The van der Waals surface area contributed by atoms with Gasteiger partial charge in [-0.1, -0.05) is 68.0 Å². The standard InChI is InChI=1S/C21H30O/c1-16(2)10-9-11-17(3)19-14-21(4,5)15-22-20(19)18-12-7-6-8-13-18/h6-8,10,12-13,19-20H,3,9,11,14-15H2,1-2,4-5H3/t19-,20-/m0/s1. The van der Waals surface area contributed by atoms with E-state index < -0.39 is 0 Å². The van der Waals surface area contributed by atoms with E-state index in [4.69, 9.17) is 4.74 Å². The molecule has 120 valence electrons. The topological polar surface area (TPSA) is 9.23 Å². The molecule has 1 heteroatoms. The summed E-state index contributed by atoms with van der Waals surface area (Å²) in [6, 6.07) is 10.6. The number of ether oxygens (including phenoxy) is 1. The van der Waals surface area contributed by atoms with Crippen LogP contribution in [0.5, 0.6) is 0 Å². The molecule has 1 aliphatic rings. The molecule has 0 bridgehead atoms. The predicted molar refractivity (Wildman–Crippen MR) is 94.8 cm³/mol. The van der Waals surface area contributed by atoms with Gasteiger partial charge in [0, 0.05) is 5.92 Å². The summed E-state index contributed by atoms with van der Waals surface area (Å²) in [7, 11) is 0. The van der Waals surface area contributed by atoms with Gasteiger partial charge in [-0.25, -0.2) is 0 Å². The summed E-state index contributed by atoms with van der Waals surface area (Å²) in [5, 5.41) is 0. The van der Waals surface area contributed by atoms with E-state index in [1.54, 1.807) is 0 Å². The van der Waals surface area contributed by atoms with E-state index in [1.165, 1.54) is 16.7 Å². The average molecular weight is 298 g/mol. The van der Waals surface area contributed by atoms with Crippen LogP contribution in [-0.2, 0) is 4.74 Å². The number of allylic oxidation sites excluding steroid dienone is 2. The van der Waals surface area contributed by atoms with Crippen LogP contribution in [0, 0.1) is 11.3 Å². The Morgan fingerprint density at radius 3 is 2.59 bits per heavy atom. The highest BCUT2D eigenvalue weighted by Gasteiger charge is 2.37. The normalized spacial score (nSPS) is 23.8. The van der Waals surface area contributed by atoms with Crippen LogP contribution in [0.1, 0.15) is 58.6 Å². The van der Waals surface area contributed by atoms with E-state index >= 15 is 0 Å². The van der Waals surface area contributed by atoms with E-state index in [2.05, 4.69) is 70.7 Å². The molecule has 0 spiro atoms. The molecule has 1 heterocycles. The number of benzene rings is 1. The van der Waals surface area contributed by atoms with E-state index in [0.717, 1.165) is 25.9 Å². The van der Waals surface area contributed by atoms with Crippen molar-refractivity contribution in [1.29, 1.82) is 0 Å². The molecule has 0 aromatic heterocycles. The highest BCUT2D eigenvalue weighted by molar-refractivity contribution is 5.23. The van der Waals surface area contributed by atoms with Crippen LogP contribution in [0.2, 0.25) is 0 Å². The molecule has 0 amide bonds. The van der Waals surface area contributed by atoms with Crippen molar-refractivity contribution < 1.29 is 4.74 Å². The lowest BCUT2D eigenvalue weighted by molar-refractivity contribution is -0.0788. The van der Waals surface area contributed by atoms with Gasteiger partial charge in [-0.2, -0.15) is 0 Å². The van der Waals surface area contributed by atoms with Gasteiger partial charge < -0.3 is 4.74 Å². The first-order chi connectivity index (χ1) is 10.4. The van der Waals surface area contributed by atoms with Crippen molar-refractivity contribution in [2.45, 2.75) is 53.1 Å². The Labute approximate surface area is 136 Å². The fourth-order valence-corrected chi connectivity index (χ4v) is 3.25. The van der Waals surface area contributed by atoms with Gasteiger partial charge in [0.1, 0.15) is 0 Å². The van der Waals surface area contributed by atoms with Crippen LogP contribution in [0.25, 0.3) is 0 Å². The molecular formula is C21H30O. The van der Waals surface area contributed by atoms with E-state index in [9.17, 15) is 0 Å². The largest absolute Gasteiger partial charge is 0.372 e. The lowest BCUT2D eigenvalue weighted by Crippen LogP contribution is -2.35. The molecule has 0 unspecified atom stereocenters. The molecule has 1 aromatic carbocycles. The van der Waals surface area contributed by atoms with Gasteiger partial charge in [-0.05, 0) is 44.1 Å². The number of rotatable bonds is 5. The zero-order chi connectivity index (χ0) is 16.2. The molecule has 0 N–H and O–H groups in total. The second kappa shape index (κ2) is 7.28. The van der Waals surface area contributed by atoms with Crippen LogP contribution in [0.3, 0.4) is 0 Å². The summed E-state index contributed by atoms with van der Waals surface area (Å²) in [5.41, 5.74) is 4.23. The average Bonchev–Trinajstić information content (AvgIpc) is 2.46. The maximum Gasteiger partial charge on any atom is 0.0890 e. The van der Waals surface area contributed by atoms with Gasteiger partial charge in [-0.15, -0.1) is 0 Å². The zero-order valence-corrected chi connectivity index (χ0v) is 14.6. The van der Waals surface area contributed by atoms with E-state index in [-0.39, 0.29) is 11.5 Å². The minimum Gasteiger partial charge on any atom is -0.372 e. The van der Waals surface area contributed by atoms with Gasteiger partial charge in [0.25, 0.3) is 0 Å². The molecule has 0 aliphatic carbocycles. The monoisotopic (exact) mass is 298 g/mol. The number of hydrogen-bond acceptors (Lipinski definition) is 1. The Balaban J connectivity index is 2.14. The van der Waals surface area contributed by atoms with Gasteiger partial charge in [-0.3, -0.25) is 0 Å². The maximum absolute atomic E-state index is 6.26. The number of hydrogen-bond donors (Lipinski definition) is 0. The van der Waals surface area contributed by atoms with Crippen LogP contribution in [0.4, 0.5) is 0 Å². The van der Waals surface area contributed by atoms with Crippen molar-refractivity contribution in [3.63, 3.8) is 0 Å². The van der Waals surface area contributed by atoms with E-state index in [1.807, 2.05) is 0 Å². The summed E-state index contributed by atoms with van der Waals surface area (Å²) >= 11 is 0.